The highest BCUT2D eigenvalue weighted by Gasteiger charge is 2.30. The van der Waals surface area contributed by atoms with E-state index in [0.29, 0.717) is 12.8 Å². The number of hydrogen-bond donors (Lipinski definition) is 1. The van der Waals surface area contributed by atoms with Crippen molar-refractivity contribution in [2.75, 3.05) is 7.11 Å². The molecule has 0 aromatic heterocycles. The SMILES string of the molecule is CCC(CC)OS(=O)P(=O)(O)OC. The Morgan fingerprint density at radius 3 is 2.23 bits per heavy atom. The second kappa shape index (κ2) is 5.88. The summed E-state index contributed by atoms with van der Waals surface area (Å²) in [5, 5.41) is 0. The zero-order valence-electron chi connectivity index (χ0n) is 7.93. The lowest BCUT2D eigenvalue weighted by atomic mass is 10.2. The summed E-state index contributed by atoms with van der Waals surface area (Å²) in [4.78, 5) is 8.94. The molecule has 0 fully saturated rings. The average Bonchev–Trinajstić information content (AvgIpc) is 2.13. The van der Waals surface area contributed by atoms with Gasteiger partial charge in [0.2, 0.25) is 0 Å². The normalized spacial score (nSPS) is 18.5. The molecule has 0 heterocycles. The predicted molar refractivity (Wildman–Crippen MR) is 50.4 cm³/mol. The predicted octanol–water partition coefficient (Wildman–Crippen LogP) is 1.60. The van der Waals surface area contributed by atoms with E-state index in [-0.39, 0.29) is 6.10 Å². The third-order valence-electron chi connectivity index (χ3n) is 1.55. The lowest BCUT2D eigenvalue weighted by Crippen LogP contribution is -2.12. The summed E-state index contributed by atoms with van der Waals surface area (Å²) in [6.07, 6.45) is 1.02. The van der Waals surface area contributed by atoms with Crippen molar-refractivity contribution in [1.82, 2.24) is 0 Å². The zero-order valence-corrected chi connectivity index (χ0v) is 9.64. The summed E-state index contributed by atoms with van der Waals surface area (Å²) < 4.78 is 31.0. The maximum absolute atomic E-state index is 11.1. The highest BCUT2D eigenvalue weighted by atomic mass is 32.8. The second-order valence-corrected chi connectivity index (χ2v) is 6.61. The van der Waals surface area contributed by atoms with E-state index in [1.807, 2.05) is 13.8 Å². The van der Waals surface area contributed by atoms with E-state index in [9.17, 15) is 8.77 Å². The van der Waals surface area contributed by atoms with Crippen LogP contribution in [0.1, 0.15) is 26.7 Å². The Kier molecular flexibility index (Phi) is 6.00. The molecule has 0 radical (unpaired) electrons. The lowest BCUT2D eigenvalue weighted by molar-refractivity contribution is 0.215. The van der Waals surface area contributed by atoms with Crippen molar-refractivity contribution in [3.8, 4) is 0 Å². The molecule has 1 N–H and O–H groups in total. The molecule has 0 aliphatic rings. The molecule has 2 atom stereocenters. The minimum Gasteiger partial charge on any atom is -0.313 e. The molecule has 0 spiro atoms. The molecule has 0 saturated heterocycles. The number of hydrogen-bond acceptors (Lipinski definition) is 4. The summed E-state index contributed by atoms with van der Waals surface area (Å²) in [6.45, 7) is -0.399. The molecule has 0 rings (SSSR count). The van der Waals surface area contributed by atoms with Crippen LogP contribution in [0.15, 0.2) is 0 Å². The van der Waals surface area contributed by atoms with E-state index in [4.69, 9.17) is 9.08 Å². The fourth-order valence-electron chi connectivity index (χ4n) is 0.656. The van der Waals surface area contributed by atoms with Gasteiger partial charge in [-0.05, 0) is 12.8 Å². The molecule has 0 aromatic carbocycles. The van der Waals surface area contributed by atoms with Crippen LogP contribution in [0.2, 0.25) is 0 Å². The van der Waals surface area contributed by atoms with Crippen molar-refractivity contribution in [1.29, 1.82) is 0 Å². The number of rotatable bonds is 6. The van der Waals surface area contributed by atoms with Gasteiger partial charge in [-0.3, -0.25) is 4.18 Å². The van der Waals surface area contributed by atoms with E-state index in [1.54, 1.807) is 0 Å². The van der Waals surface area contributed by atoms with Crippen molar-refractivity contribution in [2.24, 2.45) is 0 Å². The molecule has 0 bridgehead atoms. The van der Waals surface area contributed by atoms with Gasteiger partial charge in [0.15, 0.2) is 0 Å². The van der Waals surface area contributed by atoms with Gasteiger partial charge in [0.05, 0.1) is 6.10 Å². The van der Waals surface area contributed by atoms with Gasteiger partial charge in [-0.15, -0.1) is 0 Å². The molecule has 13 heavy (non-hydrogen) atoms. The fraction of sp³-hybridized carbons (Fsp3) is 1.00. The van der Waals surface area contributed by atoms with E-state index < -0.39 is 17.5 Å². The van der Waals surface area contributed by atoms with E-state index in [0.717, 1.165) is 7.11 Å². The van der Waals surface area contributed by atoms with Gasteiger partial charge >= 0.3 is 6.80 Å². The topological polar surface area (TPSA) is 72.8 Å². The Bertz CT molecular complexity index is 215. The third-order valence-corrected chi connectivity index (χ3v) is 4.66. The van der Waals surface area contributed by atoms with Crippen molar-refractivity contribution >= 4 is 17.5 Å². The monoisotopic (exact) mass is 230 g/mol. The lowest BCUT2D eigenvalue weighted by Gasteiger charge is -2.14. The second-order valence-electron chi connectivity index (χ2n) is 2.40. The largest absolute Gasteiger partial charge is 0.442 e. The minimum absolute atomic E-state index is 0.267. The standard InChI is InChI=1S/C6H15O5PS/c1-4-6(5-2)11-13(9)12(7,8)10-3/h6H,4-5H2,1-3H3,(H,7,8). The van der Waals surface area contributed by atoms with Gasteiger partial charge in [-0.25, -0.2) is 8.77 Å². The van der Waals surface area contributed by atoms with Crippen molar-refractivity contribution in [3.05, 3.63) is 0 Å². The Morgan fingerprint density at radius 2 is 1.92 bits per heavy atom. The maximum Gasteiger partial charge on any atom is 0.442 e. The summed E-state index contributed by atoms with van der Waals surface area (Å²) >= 11 is 0. The van der Waals surface area contributed by atoms with Crippen LogP contribution in [0.5, 0.6) is 0 Å². The van der Waals surface area contributed by atoms with Gasteiger partial charge in [-0.2, -0.15) is 0 Å². The van der Waals surface area contributed by atoms with Gasteiger partial charge in [0.25, 0.3) is 10.7 Å². The first-order valence-corrected chi connectivity index (χ1v) is 7.21. The van der Waals surface area contributed by atoms with E-state index in [2.05, 4.69) is 4.52 Å². The van der Waals surface area contributed by atoms with Crippen LogP contribution in [-0.2, 0) is 24.0 Å². The first-order chi connectivity index (χ1) is 5.97. The van der Waals surface area contributed by atoms with Gasteiger partial charge in [-0.1, -0.05) is 13.8 Å². The molecule has 7 heteroatoms. The quantitative estimate of drug-likeness (QED) is 0.701. The van der Waals surface area contributed by atoms with E-state index in [1.165, 1.54) is 0 Å². The van der Waals surface area contributed by atoms with Crippen molar-refractivity contribution < 1.29 is 22.4 Å². The van der Waals surface area contributed by atoms with Gasteiger partial charge in [0.1, 0.15) is 0 Å². The van der Waals surface area contributed by atoms with Crippen molar-refractivity contribution in [2.45, 2.75) is 32.8 Å². The summed E-state index contributed by atoms with van der Waals surface area (Å²) in [6, 6.07) is 0. The molecule has 0 amide bonds. The Balaban J connectivity index is 4.22. The molecule has 0 aliphatic heterocycles. The molecule has 5 nitrogen and oxygen atoms in total. The van der Waals surface area contributed by atoms with Crippen LogP contribution >= 0.6 is 6.80 Å². The molecule has 80 valence electrons. The maximum atomic E-state index is 11.1. The third kappa shape index (κ3) is 4.33. The van der Waals surface area contributed by atoms with Crippen molar-refractivity contribution in [3.63, 3.8) is 0 Å². The zero-order chi connectivity index (χ0) is 10.5. The Labute approximate surface area is 80.4 Å². The molecule has 0 aromatic rings. The molecule has 0 saturated carbocycles. The average molecular weight is 230 g/mol. The highest BCUT2D eigenvalue weighted by Crippen LogP contribution is 2.46. The first kappa shape index (κ1) is 13.3. The molecule has 2 unspecified atom stereocenters. The molecular weight excluding hydrogens is 215 g/mol. The van der Waals surface area contributed by atoms with Crippen LogP contribution in [0, 0.1) is 0 Å². The van der Waals surface area contributed by atoms with Gasteiger partial charge in [0, 0.05) is 7.11 Å². The van der Waals surface area contributed by atoms with Crippen LogP contribution in [0.25, 0.3) is 0 Å². The van der Waals surface area contributed by atoms with E-state index >= 15 is 0 Å². The smallest absolute Gasteiger partial charge is 0.313 e. The van der Waals surface area contributed by atoms with Crippen LogP contribution < -0.4 is 0 Å². The fourth-order valence-corrected chi connectivity index (χ4v) is 2.45. The summed E-state index contributed by atoms with van der Waals surface area (Å²) in [5.41, 5.74) is 0. The van der Waals surface area contributed by atoms with Crippen LogP contribution in [-0.4, -0.2) is 22.3 Å². The molecular formula is C6H15O5PS. The summed E-state index contributed by atoms with van der Waals surface area (Å²) in [5.74, 6) is 0. The van der Waals surface area contributed by atoms with Crippen LogP contribution in [0.4, 0.5) is 0 Å². The Hall–Kier alpha value is 0.260. The van der Waals surface area contributed by atoms with Crippen LogP contribution in [0.3, 0.4) is 0 Å². The molecule has 0 aliphatic carbocycles. The highest BCUT2D eigenvalue weighted by molar-refractivity contribution is 8.43. The summed E-state index contributed by atoms with van der Waals surface area (Å²) in [7, 11) is -1.25. The van der Waals surface area contributed by atoms with Gasteiger partial charge < -0.3 is 9.42 Å². The Morgan fingerprint density at radius 1 is 1.46 bits per heavy atom. The first-order valence-electron chi connectivity index (χ1n) is 3.96. The minimum atomic E-state index is -4.09.